The van der Waals surface area contributed by atoms with Crippen molar-refractivity contribution in [3.63, 3.8) is 0 Å². The van der Waals surface area contributed by atoms with Crippen LogP contribution in [-0.2, 0) is 9.59 Å². The Balaban J connectivity index is 1.64. The second-order valence-corrected chi connectivity index (χ2v) is 5.71. The Hall–Kier alpha value is -2.89. The molecule has 0 aromatic heterocycles. The maximum absolute atomic E-state index is 13.5. The number of fused-ring (bicyclic) bond motifs is 1. The highest BCUT2D eigenvalue weighted by atomic mass is 19.1. The minimum absolute atomic E-state index is 0.0463. The Morgan fingerprint density at radius 1 is 1.33 bits per heavy atom. The van der Waals surface area contributed by atoms with Crippen molar-refractivity contribution >= 4 is 23.2 Å². The number of benzene rings is 2. The lowest BCUT2D eigenvalue weighted by Crippen LogP contribution is -2.29. The summed E-state index contributed by atoms with van der Waals surface area (Å²) in [6.07, 6.45) is -0.0463. The molecule has 24 heavy (non-hydrogen) atoms. The van der Waals surface area contributed by atoms with E-state index in [4.69, 9.17) is 4.74 Å². The fourth-order valence-electron chi connectivity index (χ4n) is 2.45. The van der Waals surface area contributed by atoms with Crippen LogP contribution in [0.25, 0.3) is 0 Å². The van der Waals surface area contributed by atoms with Crippen molar-refractivity contribution in [1.29, 1.82) is 0 Å². The van der Waals surface area contributed by atoms with E-state index >= 15 is 0 Å². The van der Waals surface area contributed by atoms with E-state index in [0.717, 1.165) is 0 Å². The van der Waals surface area contributed by atoms with Gasteiger partial charge in [0.1, 0.15) is 18.2 Å². The fraction of sp³-hybridized carbons (Fsp3) is 0.222. The summed E-state index contributed by atoms with van der Waals surface area (Å²) in [4.78, 5) is 24.4. The first kappa shape index (κ1) is 16.0. The SMILES string of the molecule is Cc1ccc(NC(=O)CC2COc3ccccc3NC2=O)cc1F. The van der Waals surface area contributed by atoms with Gasteiger partial charge in [-0.3, -0.25) is 9.59 Å². The molecular formula is C18H17FN2O3. The van der Waals surface area contributed by atoms with Gasteiger partial charge < -0.3 is 15.4 Å². The first-order valence-electron chi connectivity index (χ1n) is 7.61. The highest BCUT2D eigenvalue weighted by molar-refractivity contribution is 5.99. The molecule has 0 aliphatic carbocycles. The normalized spacial score (nSPS) is 16.4. The minimum atomic E-state index is -0.618. The molecule has 0 spiro atoms. The van der Waals surface area contributed by atoms with Crippen LogP contribution in [0, 0.1) is 18.7 Å². The van der Waals surface area contributed by atoms with E-state index in [2.05, 4.69) is 10.6 Å². The van der Waals surface area contributed by atoms with Gasteiger partial charge in [0.05, 0.1) is 11.6 Å². The van der Waals surface area contributed by atoms with E-state index in [0.29, 0.717) is 22.7 Å². The van der Waals surface area contributed by atoms with Crippen molar-refractivity contribution in [3.8, 4) is 5.75 Å². The third-order valence-corrected chi connectivity index (χ3v) is 3.84. The van der Waals surface area contributed by atoms with Gasteiger partial charge in [0.2, 0.25) is 11.8 Å². The zero-order valence-electron chi connectivity index (χ0n) is 13.1. The molecule has 1 unspecified atom stereocenters. The van der Waals surface area contributed by atoms with Crippen molar-refractivity contribution in [2.24, 2.45) is 5.92 Å². The smallest absolute Gasteiger partial charge is 0.231 e. The number of ether oxygens (including phenoxy) is 1. The number of halogens is 1. The van der Waals surface area contributed by atoms with Gasteiger partial charge in [-0.15, -0.1) is 0 Å². The van der Waals surface area contributed by atoms with Crippen LogP contribution in [0.3, 0.4) is 0 Å². The summed E-state index contributed by atoms with van der Waals surface area (Å²) in [5.74, 6) is -1.07. The Labute approximate surface area is 138 Å². The number of amides is 2. The van der Waals surface area contributed by atoms with E-state index in [1.807, 2.05) is 6.07 Å². The van der Waals surface area contributed by atoms with Gasteiger partial charge in [0, 0.05) is 12.1 Å². The lowest BCUT2D eigenvalue weighted by atomic mass is 10.1. The van der Waals surface area contributed by atoms with Crippen LogP contribution in [0.15, 0.2) is 42.5 Å². The molecule has 1 atom stereocenters. The highest BCUT2D eigenvalue weighted by Gasteiger charge is 2.27. The maximum Gasteiger partial charge on any atom is 0.231 e. The van der Waals surface area contributed by atoms with E-state index in [9.17, 15) is 14.0 Å². The third kappa shape index (κ3) is 3.53. The lowest BCUT2D eigenvalue weighted by Gasteiger charge is -2.13. The molecule has 124 valence electrons. The number of hydrogen-bond donors (Lipinski definition) is 2. The molecule has 0 fully saturated rings. The quantitative estimate of drug-likeness (QED) is 0.910. The van der Waals surface area contributed by atoms with Gasteiger partial charge in [0.15, 0.2) is 0 Å². The van der Waals surface area contributed by atoms with Crippen molar-refractivity contribution in [1.82, 2.24) is 0 Å². The van der Waals surface area contributed by atoms with Gasteiger partial charge in [0.25, 0.3) is 0 Å². The Morgan fingerprint density at radius 2 is 2.12 bits per heavy atom. The first-order chi connectivity index (χ1) is 11.5. The van der Waals surface area contributed by atoms with Crippen LogP contribution in [0.4, 0.5) is 15.8 Å². The van der Waals surface area contributed by atoms with E-state index in [-0.39, 0.29) is 24.8 Å². The second kappa shape index (κ2) is 6.70. The number of hydrogen-bond acceptors (Lipinski definition) is 3. The first-order valence-corrected chi connectivity index (χ1v) is 7.61. The van der Waals surface area contributed by atoms with E-state index in [1.165, 1.54) is 6.07 Å². The maximum atomic E-state index is 13.5. The number of nitrogens with one attached hydrogen (secondary N) is 2. The van der Waals surface area contributed by atoms with Crippen molar-refractivity contribution < 1.29 is 18.7 Å². The molecule has 6 heteroatoms. The monoisotopic (exact) mass is 328 g/mol. The molecule has 0 radical (unpaired) electrons. The number of para-hydroxylation sites is 2. The Bertz CT molecular complexity index is 792. The standard InChI is InChI=1S/C18H17FN2O3/c1-11-6-7-13(9-14(11)19)20-17(22)8-12-10-24-16-5-3-2-4-15(16)21-18(12)23/h2-7,9,12H,8,10H2,1H3,(H,20,22)(H,21,23). The minimum Gasteiger partial charge on any atom is -0.491 e. The summed E-state index contributed by atoms with van der Waals surface area (Å²) in [5.41, 5.74) is 1.45. The number of rotatable bonds is 3. The molecule has 2 amide bonds. The molecule has 2 N–H and O–H groups in total. The molecule has 2 aromatic carbocycles. The van der Waals surface area contributed by atoms with Crippen LogP contribution < -0.4 is 15.4 Å². The summed E-state index contributed by atoms with van der Waals surface area (Å²) in [5, 5.41) is 5.36. The molecule has 0 saturated carbocycles. The van der Waals surface area contributed by atoms with Crippen LogP contribution in [0.5, 0.6) is 5.75 Å². The van der Waals surface area contributed by atoms with Gasteiger partial charge in [-0.25, -0.2) is 4.39 Å². The van der Waals surface area contributed by atoms with Crippen molar-refractivity contribution in [2.75, 3.05) is 17.2 Å². The van der Waals surface area contributed by atoms with E-state index < -0.39 is 11.7 Å². The third-order valence-electron chi connectivity index (χ3n) is 3.84. The topological polar surface area (TPSA) is 67.4 Å². The van der Waals surface area contributed by atoms with Crippen LogP contribution >= 0.6 is 0 Å². The Kier molecular flexibility index (Phi) is 4.46. The number of carbonyl (C=O) groups is 2. The summed E-state index contributed by atoms with van der Waals surface area (Å²) in [6.45, 7) is 1.75. The molecule has 5 nitrogen and oxygen atoms in total. The molecule has 3 rings (SSSR count). The number of anilines is 2. The highest BCUT2D eigenvalue weighted by Crippen LogP contribution is 2.28. The van der Waals surface area contributed by atoms with Gasteiger partial charge >= 0.3 is 0 Å². The van der Waals surface area contributed by atoms with Crippen LogP contribution in [-0.4, -0.2) is 18.4 Å². The zero-order chi connectivity index (χ0) is 17.1. The average Bonchev–Trinajstić information content (AvgIpc) is 2.70. The fourth-order valence-corrected chi connectivity index (χ4v) is 2.45. The summed E-state index contributed by atoms with van der Waals surface area (Å²) in [7, 11) is 0. The molecule has 0 saturated heterocycles. The molecule has 2 aromatic rings. The summed E-state index contributed by atoms with van der Waals surface area (Å²) >= 11 is 0. The van der Waals surface area contributed by atoms with Gasteiger partial charge in [-0.05, 0) is 36.8 Å². The van der Waals surface area contributed by atoms with Crippen molar-refractivity contribution in [2.45, 2.75) is 13.3 Å². The zero-order valence-corrected chi connectivity index (χ0v) is 13.1. The molecule has 0 bridgehead atoms. The number of aryl methyl sites for hydroxylation is 1. The van der Waals surface area contributed by atoms with Gasteiger partial charge in [-0.1, -0.05) is 18.2 Å². The molecule has 1 heterocycles. The van der Waals surface area contributed by atoms with Crippen LogP contribution in [0.2, 0.25) is 0 Å². The largest absolute Gasteiger partial charge is 0.491 e. The van der Waals surface area contributed by atoms with Crippen molar-refractivity contribution in [3.05, 3.63) is 53.8 Å². The van der Waals surface area contributed by atoms with Gasteiger partial charge in [-0.2, -0.15) is 0 Å². The summed E-state index contributed by atoms with van der Waals surface area (Å²) in [6, 6.07) is 11.6. The molecule has 1 aliphatic heterocycles. The van der Waals surface area contributed by atoms with E-state index in [1.54, 1.807) is 37.3 Å². The second-order valence-electron chi connectivity index (χ2n) is 5.71. The van der Waals surface area contributed by atoms with Crippen LogP contribution in [0.1, 0.15) is 12.0 Å². The molecular weight excluding hydrogens is 311 g/mol. The predicted octanol–water partition coefficient (Wildman–Crippen LogP) is 3.11. The summed E-state index contributed by atoms with van der Waals surface area (Å²) < 4.78 is 19.1. The predicted molar refractivity (Wildman–Crippen MR) is 88.4 cm³/mol. The average molecular weight is 328 g/mol. The Morgan fingerprint density at radius 3 is 2.92 bits per heavy atom. The lowest BCUT2D eigenvalue weighted by molar-refractivity contribution is -0.125. The molecule has 1 aliphatic rings. The number of carbonyl (C=O) groups excluding carboxylic acids is 2.